The van der Waals surface area contributed by atoms with E-state index in [1.54, 1.807) is 0 Å². The number of benzene rings is 1. The molecule has 9 nitrogen and oxygen atoms in total. The predicted molar refractivity (Wildman–Crippen MR) is 98.1 cm³/mol. The molecular formula is C14H12N6O3S2. The van der Waals surface area contributed by atoms with Gasteiger partial charge in [0.15, 0.2) is 5.65 Å². The van der Waals surface area contributed by atoms with E-state index in [2.05, 4.69) is 25.3 Å². The van der Waals surface area contributed by atoms with Crippen molar-refractivity contribution in [2.45, 2.75) is 5.03 Å². The Morgan fingerprint density at radius 2 is 2.20 bits per heavy atom. The number of carbonyl (C=O) groups is 1. The number of hydrogen-bond acceptors (Lipinski definition) is 8. The molecule has 0 radical (unpaired) electrons. The number of thioether (sulfide) groups is 1. The maximum Gasteiger partial charge on any atom is 0.339 e. The third kappa shape index (κ3) is 3.78. The number of H-pyrrole nitrogens is 1. The first-order valence-corrected chi connectivity index (χ1v) is 8.29. The van der Waals surface area contributed by atoms with Crippen LogP contribution < -0.4 is 11.1 Å². The van der Waals surface area contributed by atoms with Crippen molar-refractivity contribution in [3.63, 3.8) is 0 Å². The highest BCUT2D eigenvalue weighted by Gasteiger charge is 2.12. The SMILES string of the molecule is Nc1nc(SCC(=S)Nc2ccc(O)c(C(=O)O)c2)c2[nH]cnc2n1. The lowest BCUT2D eigenvalue weighted by molar-refractivity contribution is 0.0694. The van der Waals surface area contributed by atoms with E-state index >= 15 is 0 Å². The van der Waals surface area contributed by atoms with E-state index < -0.39 is 5.97 Å². The number of aromatic amines is 1. The molecule has 0 atom stereocenters. The van der Waals surface area contributed by atoms with Crippen LogP contribution in [0, 0.1) is 0 Å². The minimum atomic E-state index is -1.22. The van der Waals surface area contributed by atoms with E-state index in [0.717, 1.165) is 0 Å². The van der Waals surface area contributed by atoms with Crippen LogP contribution in [0.15, 0.2) is 29.6 Å². The van der Waals surface area contributed by atoms with Gasteiger partial charge in [-0.15, -0.1) is 0 Å². The Balaban J connectivity index is 1.70. The first-order chi connectivity index (χ1) is 11.9. The van der Waals surface area contributed by atoms with E-state index in [9.17, 15) is 9.90 Å². The van der Waals surface area contributed by atoms with Crippen molar-refractivity contribution >= 4 is 57.7 Å². The van der Waals surface area contributed by atoms with E-state index in [4.69, 9.17) is 23.1 Å². The molecule has 0 aliphatic carbocycles. The topological polar surface area (TPSA) is 150 Å². The summed E-state index contributed by atoms with van der Waals surface area (Å²) in [7, 11) is 0. The molecule has 2 aromatic heterocycles. The van der Waals surface area contributed by atoms with Gasteiger partial charge < -0.3 is 26.2 Å². The van der Waals surface area contributed by atoms with Crippen molar-refractivity contribution in [2.24, 2.45) is 0 Å². The van der Waals surface area contributed by atoms with E-state index in [1.165, 1.54) is 36.3 Å². The largest absolute Gasteiger partial charge is 0.507 e. The number of aromatic carboxylic acids is 1. The number of rotatable bonds is 5. The van der Waals surface area contributed by atoms with Crippen LogP contribution in [0.3, 0.4) is 0 Å². The number of carboxylic acids is 1. The second kappa shape index (κ2) is 6.91. The van der Waals surface area contributed by atoms with Gasteiger partial charge >= 0.3 is 5.97 Å². The molecular weight excluding hydrogens is 364 g/mol. The number of thiocarbonyl (C=S) groups is 1. The molecule has 11 heteroatoms. The van der Waals surface area contributed by atoms with Crippen LogP contribution in [-0.4, -0.2) is 46.9 Å². The lowest BCUT2D eigenvalue weighted by Gasteiger charge is -2.09. The Labute approximate surface area is 150 Å². The maximum atomic E-state index is 11.0. The van der Waals surface area contributed by atoms with E-state index in [1.807, 2.05) is 0 Å². The molecule has 0 aliphatic heterocycles. The number of nitrogens with zero attached hydrogens (tertiary/aromatic N) is 3. The molecule has 3 aromatic rings. The standard InChI is InChI=1S/C14H12N6O3S2/c15-14-19-11-10(16-5-17-11)12(20-14)25-4-9(24)18-6-1-2-8(21)7(3-6)13(22)23/h1-3,5,21H,4H2,(H,18,24)(H,22,23)(H3,15,16,17,19,20). The average Bonchev–Trinajstić information content (AvgIpc) is 3.02. The molecule has 0 spiro atoms. The number of nitrogens with two attached hydrogens (primary N) is 1. The van der Waals surface area contributed by atoms with Crippen LogP contribution in [0.5, 0.6) is 5.75 Å². The van der Waals surface area contributed by atoms with Gasteiger partial charge in [-0.25, -0.2) is 14.8 Å². The molecule has 0 bridgehead atoms. The Morgan fingerprint density at radius 1 is 1.40 bits per heavy atom. The summed E-state index contributed by atoms with van der Waals surface area (Å²) in [4.78, 5) is 26.7. The van der Waals surface area contributed by atoms with Crippen molar-refractivity contribution in [3.05, 3.63) is 30.1 Å². The zero-order chi connectivity index (χ0) is 18.0. The summed E-state index contributed by atoms with van der Waals surface area (Å²) in [5, 5.41) is 22.1. The van der Waals surface area contributed by atoms with Crippen LogP contribution in [0.1, 0.15) is 10.4 Å². The maximum absolute atomic E-state index is 11.0. The molecule has 128 valence electrons. The molecule has 0 saturated carbocycles. The summed E-state index contributed by atoms with van der Waals surface area (Å²) in [5.41, 5.74) is 7.06. The molecule has 25 heavy (non-hydrogen) atoms. The van der Waals surface area contributed by atoms with Gasteiger partial charge in [0.05, 0.1) is 17.1 Å². The van der Waals surface area contributed by atoms with Gasteiger partial charge in [0.2, 0.25) is 5.95 Å². The second-order valence-electron chi connectivity index (χ2n) is 4.86. The number of anilines is 2. The molecule has 0 saturated heterocycles. The highest BCUT2D eigenvalue weighted by molar-refractivity contribution is 8.01. The van der Waals surface area contributed by atoms with Gasteiger partial charge in [0.1, 0.15) is 21.9 Å². The minimum absolute atomic E-state index is 0.116. The summed E-state index contributed by atoms with van der Waals surface area (Å²) in [6.45, 7) is 0. The van der Waals surface area contributed by atoms with Crippen LogP contribution >= 0.6 is 24.0 Å². The number of imidazole rings is 1. The van der Waals surface area contributed by atoms with Gasteiger partial charge in [-0.3, -0.25) is 0 Å². The van der Waals surface area contributed by atoms with Crippen molar-refractivity contribution in [1.29, 1.82) is 0 Å². The molecule has 0 aliphatic rings. The number of carboxylic acid groups (broad SMARTS) is 1. The monoisotopic (exact) mass is 376 g/mol. The van der Waals surface area contributed by atoms with Crippen LogP contribution in [0.2, 0.25) is 0 Å². The quantitative estimate of drug-likeness (QED) is 0.193. The van der Waals surface area contributed by atoms with E-state index in [0.29, 0.717) is 32.6 Å². The van der Waals surface area contributed by atoms with E-state index in [-0.39, 0.29) is 17.3 Å². The number of nitrogen functional groups attached to an aromatic ring is 1. The number of aromatic hydroxyl groups is 1. The normalized spacial score (nSPS) is 10.7. The number of aromatic nitrogens is 4. The van der Waals surface area contributed by atoms with Crippen molar-refractivity contribution in [1.82, 2.24) is 19.9 Å². The van der Waals surface area contributed by atoms with Crippen LogP contribution in [0.25, 0.3) is 11.2 Å². The molecule has 2 heterocycles. The van der Waals surface area contributed by atoms with Gasteiger partial charge in [-0.05, 0) is 18.2 Å². The first-order valence-electron chi connectivity index (χ1n) is 6.89. The number of phenols is 1. The highest BCUT2D eigenvalue weighted by atomic mass is 32.2. The van der Waals surface area contributed by atoms with Crippen molar-refractivity contribution in [3.8, 4) is 5.75 Å². The molecule has 0 amide bonds. The van der Waals surface area contributed by atoms with Crippen LogP contribution in [-0.2, 0) is 0 Å². The molecule has 0 unspecified atom stereocenters. The Bertz CT molecular complexity index is 974. The lowest BCUT2D eigenvalue weighted by atomic mass is 10.2. The summed E-state index contributed by atoms with van der Waals surface area (Å²) in [5.74, 6) is -1.04. The van der Waals surface area contributed by atoms with Crippen LogP contribution in [0.4, 0.5) is 11.6 Å². The number of nitrogens with one attached hydrogen (secondary N) is 2. The van der Waals surface area contributed by atoms with Crippen molar-refractivity contribution in [2.75, 3.05) is 16.8 Å². The Kier molecular flexibility index (Phi) is 4.67. The minimum Gasteiger partial charge on any atom is -0.507 e. The summed E-state index contributed by atoms with van der Waals surface area (Å²) in [6.07, 6.45) is 1.50. The van der Waals surface area contributed by atoms with Gasteiger partial charge in [0, 0.05) is 5.69 Å². The Hall–Kier alpha value is -2.92. The fraction of sp³-hybridized carbons (Fsp3) is 0.0714. The van der Waals surface area contributed by atoms with Gasteiger partial charge in [-0.2, -0.15) is 4.98 Å². The molecule has 6 N–H and O–H groups in total. The zero-order valence-electron chi connectivity index (χ0n) is 12.6. The third-order valence-electron chi connectivity index (χ3n) is 3.12. The first kappa shape index (κ1) is 16.9. The summed E-state index contributed by atoms with van der Waals surface area (Å²) >= 11 is 6.61. The third-order valence-corrected chi connectivity index (χ3v) is 4.55. The smallest absolute Gasteiger partial charge is 0.339 e. The van der Waals surface area contributed by atoms with Gasteiger partial charge in [0.25, 0.3) is 0 Å². The lowest BCUT2D eigenvalue weighted by Crippen LogP contribution is -2.12. The predicted octanol–water partition coefficient (Wildman–Crippen LogP) is 1.87. The Morgan fingerprint density at radius 3 is 2.96 bits per heavy atom. The summed E-state index contributed by atoms with van der Waals surface area (Å²) < 4.78 is 0. The number of fused-ring (bicyclic) bond motifs is 1. The highest BCUT2D eigenvalue weighted by Crippen LogP contribution is 2.25. The molecule has 1 aromatic carbocycles. The molecule has 3 rings (SSSR count). The fourth-order valence-electron chi connectivity index (χ4n) is 2.04. The average molecular weight is 376 g/mol. The fourth-order valence-corrected chi connectivity index (χ4v) is 3.13. The second-order valence-corrected chi connectivity index (χ2v) is 6.32. The van der Waals surface area contributed by atoms with Crippen molar-refractivity contribution < 1.29 is 15.0 Å². The summed E-state index contributed by atoms with van der Waals surface area (Å²) in [6, 6.07) is 4.14. The molecule has 0 fully saturated rings. The van der Waals surface area contributed by atoms with Gasteiger partial charge in [-0.1, -0.05) is 24.0 Å². The number of hydrogen-bond donors (Lipinski definition) is 5. The zero-order valence-corrected chi connectivity index (χ0v) is 14.2.